The number of likely N-dealkylation sites (tertiary alicyclic amines) is 1. The van der Waals surface area contributed by atoms with Gasteiger partial charge in [0.25, 0.3) is 0 Å². The number of piperidine rings is 1. The first-order valence-corrected chi connectivity index (χ1v) is 9.07. The molecular formula is C18H34N2O3. The van der Waals surface area contributed by atoms with Gasteiger partial charge in [0, 0.05) is 38.9 Å². The molecule has 1 amide bonds. The molecule has 0 aromatic rings. The lowest BCUT2D eigenvalue weighted by Gasteiger charge is -2.41. The molecule has 0 saturated carbocycles. The van der Waals surface area contributed by atoms with Crippen LogP contribution in [-0.2, 0) is 9.47 Å². The minimum Gasteiger partial charge on any atom is -0.444 e. The van der Waals surface area contributed by atoms with Crippen molar-refractivity contribution in [3.8, 4) is 0 Å². The summed E-state index contributed by atoms with van der Waals surface area (Å²) < 4.78 is 11.1. The number of nitrogens with zero attached hydrogens (tertiary/aromatic N) is 1. The number of hydrogen-bond donors (Lipinski definition) is 1. The standard InChI is InChI=1S/C18H34N2O3/c1-17(2,3)23-16(21)20-10-6-9-18(4,14-20)13-19-15-7-5-11-22-12-8-15/h15,19H,5-14H2,1-4H3. The Morgan fingerprint density at radius 2 is 2.09 bits per heavy atom. The van der Waals surface area contributed by atoms with Crippen LogP contribution in [0.1, 0.15) is 59.8 Å². The van der Waals surface area contributed by atoms with Crippen LogP contribution in [0, 0.1) is 5.41 Å². The maximum atomic E-state index is 12.3. The van der Waals surface area contributed by atoms with Gasteiger partial charge in [-0.1, -0.05) is 6.92 Å². The number of nitrogens with one attached hydrogen (secondary N) is 1. The van der Waals surface area contributed by atoms with Gasteiger partial charge >= 0.3 is 6.09 Å². The minimum absolute atomic E-state index is 0.127. The molecule has 0 aliphatic carbocycles. The van der Waals surface area contributed by atoms with Gasteiger partial charge in [-0.15, -0.1) is 0 Å². The van der Waals surface area contributed by atoms with Crippen molar-refractivity contribution in [2.24, 2.45) is 5.41 Å². The number of ether oxygens (including phenoxy) is 2. The Hall–Kier alpha value is -0.810. The van der Waals surface area contributed by atoms with Gasteiger partial charge in [-0.05, 0) is 58.3 Å². The highest BCUT2D eigenvalue weighted by Crippen LogP contribution is 2.30. The molecule has 23 heavy (non-hydrogen) atoms. The summed E-state index contributed by atoms with van der Waals surface area (Å²) in [6.07, 6.45) is 5.44. The zero-order chi connectivity index (χ0) is 16.9. The maximum absolute atomic E-state index is 12.3. The summed E-state index contributed by atoms with van der Waals surface area (Å²) in [4.78, 5) is 14.2. The van der Waals surface area contributed by atoms with Crippen LogP contribution in [-0.4, -0.2) is 55.5 Å². The van der Waals surface area contributed by atoms with Crippen LogP contribution >= 0.6 is 0 Å². The topological polar surface area (TPSA) is 50.8 Å². The molecule has 2 heterocycles. The molecule has 2 rings (SSSR count). The minimum atomic E-state index is -0.427. The predicted molar refractivity (Wildman–Crippen MR) is 91.6 cm³/mol. The fourth-order valence-electron chi connectivity index (χ4n) is 3.44. The van der Waals surface area contributed by atoms with Crippen LogP contribution in [0.5, 0.6) is 0 Å². The van der Waals surface area contributed by atoms with Crippen molar-refractivity contribution in [3.63, 3.8) is 0 Å². The fraction of sp³-hybridized carbons (Fsp3) is 0.944. The number of rotatable bonds is 3. The van der Waals surface area contributed by atoms with Crippen LogP contribution in [0.2, 0.25) is 0 Å². The molecule has 2 aliphatic rings. The molecule has 134 valence electrons. The SMILES string of the molecule is CC1(CNC2CCCOCC2)CCCN(C(=O)OC(C)(C)C)C1. The monoisotopic (exact) mass is 326 g/mol. The van der Waals surface area contributed by atoms with Crippen molar-refractivity contribution in [2.75, 3.05) is 32.8 Å². The number of amides is 1. The number of hydrogen-bond acceptors (Lipinski definition) is 4. The molecule has 2 saturated heterocycles. The Morgan fingerprint density at radius 3 is 2.83 bits per heavy atom. The molecule has 5 heteroatoms. The van der Waals surface area contributed by atoms with E-state index in [0.717, 1.165) is 58.5 Å². The van der Waals surface area contributed by atoms with E-state index < -0.39 is 5.60 Å². The highest BCUT2D eigenvalue weighted by molar-refractivity contribution is 5.68. The first-order chi connectivity index (χ1) is 10.8. The molecule has 2 atom stereocenters. The molecule has 0 radical (unpaired) electrons. The van der Waals surface area contributed by atoms with Gasteiger partial charge in [0.2, 0.25) is 0 Å². The van der Waals surface area contributed by atoms with Crippen molar-refractivity contribution in [1.29, 1.82) is 0 Å². The van der Waals surface area contributed by atoms with Gasteiger partial charge < -0.3 is 19.7 Å². The Labute approximate surface area is 141 Å². The molecule has 0 spiro atoms. The molecule has 5 nitrogen and oxygen atoms in total. The zero-order valence-electron chi connectivity index (χ0n) is 15.3. The molecular weight excluding hydrogens is 292 g/mol. The van der Waals surface area contributed by atoms with E-state index in [0.29, 0.717) is 6.04 Å². The van der Waals surface area contributed by atoms with Gasteiger partial charge in [0.05, 0.1) is 0 Å². The largest absolute Gasteiger partial charge is 0.444 e. The average molecular weight is 326 g/mol. The van der Waals surface area contributed by atoms with E-state index in [2.05, 4.69) is 12.2 Å². The molecule has 1 N–H and O–H groups in total. The molecule has 2 fully saturated rings. The third-order valence-corrected chi connectivity index (χ3v) is 4.70. The summed E-state index contributed by atoms with van der Waals surface area (Å²) in [5.74, 6) is 0. The van der Waals surface area contributed by atoms with E-state index in [-0.39, 0.29) is 11.5 Å². The first kappa shape index (κ1) is 18.5. The van der Waals surface area contributed by atoms with E-state index in [1.54, 1.807) is 0 Å². The Kier molecular flexibility index (Phi) is 6.32. The summed E-state index contributed by atoms with van der Waals surface area (Å²) in [6.45, 7) is 12.3. The maximum Gasteiger partial charge on any atom is 0.410 e. The van der Waals surface area contributed by atoms with E-state index in [1.807, 2.05) is 25.7 Å². The van der Waals surface area contributed by atoms with Crippen molar-refractivity contribution in [2.45, 2.75) is 71.4 Å². The fourth-order valence-corrected chi connectivity index (χ4v) is 3.44. The third-order valence-electron chi connectivity index (χ3n) is 4.70. The third kappa shape index (κ3) is 6.30. The lowest BCUT2D eigenvalue weighted by atomic mass is 9.81. The van der Waals surface area contributed by atoms with Gasteiger partial charge in [0.1, 0.15) is 5.60 Å². The van der Waals surface area contributed by atoms with Gasteiger partial charge in [-0.2, -0.15) is 0 Å². The zero-order valence-corrected chi connectivity index (χ0v) is 15.3. The Bertz CT molecular complexity index is 386. The van der Waals surface area contributed by atoms with Crippen LogP contribution < -0.4 is 5.32 Å². The van der Waals surface area contributed by atoms with Crippen molar-refractivity contribution in [1.82, 2.24) is 10.2 Å². The van der Waals surface area contributed by atoms with Gasteiger partial charge in [-0.25, -0.2) is 4.79 Å². The molecule has 0 aromatic heterocycles. The summed E-state index contributed by atoms with van der Waals surface area (Å²) >= 11 is 0. The molecule has 2 unspecified atom stereocenters. The Morgan fingerprint density at radius 1 is 1.30 bits per heavy atom. The summed E-state index contributed by atoms with van der Waals surface area (Å²) in [6, 6.07) is 0.547. The average Bonchev–Trinajstić information content (AvgIpc) is 2.72. The summed E-state index contributed by atoms with van der Waals surface area (Å²) in [5, 5.41) is 3.72. The van der Waals surface area contributed by atoms with E-state index in [1.165, 1.54) is 6.42 Å². The van der Waals surface area contributed by atoms with E-state index in [4.69, 9.17) is 9.47 Å². The summed E-state index contributed by atoms with van der Waals surface area (Å²) in [5.41, 5.74) is -0.300. The lowest BCUT2D eigenvalue weighted by molar-refractivity contribution is 0.00640. The number of carbonyl (C=O) groups excluding carboxylic acids is 1. The highest BCUT2D eigenvalue weighted by atomic mass is 16.6. The van der Waals surface area contributed by atoms with Crippen LogP contribution in [0.3, 0.4) is 0 Å². The van der Waals surface area contributed by atoms with Gasteiger partial charge in [-0.3, -0.25) is 0 Å². The van der Waals surface area contributed by atoms with Crippen molar-refractivity contribution >= 4 is 6.09 Å². The van der Waals surface area contributed by atoms with Crippen molar-refractivity contribution in [3.05, 3.63) is 0 Å². The lowest BCUT2D eigenvalue weighted by Crippen LogP contribution is -2.51. The summed E-state index contributed by atoms with van der Waals surface area (Å²) in [7, 11) is 0. The number of carbonyl (C=O) groups is 1. The molecule has 0 bridgehead atoms. The van der Waals surface area contributed by atoms with Crippen molar-refractivity contribution < 1.29 is 14.3 Å². The smallest absolute Gasteiger partial charge is 0.410 e. The quantitative estimate of drug-likeness (QED) is 0.865. The second-order valence-corrected chi connectivity index (χ2v) is 8.44. The highest BCUT2D eigenvalue weighted by Gasteiger charge is 2.35. The van der Waals surface area contributed by atoms with Crippen LogP contribution in [0.4, 0.5) is 4.79 Å². The second kappa shape index (κ2) is 7.84. The van der Waals surface area contributed by atoms with Gasteiger partial charge in [0.15, 0.2) is 0 Å². The molecule has 2 aliphatic heterocycles. The second-order valence-electron chi connectivity index (χ2n) is 8.44. The predicted octanol–water partition coefficient (Wildman–Crippen LogP) is 3.18. The first-order valence-electron chi connectivity index (χ1n) is 9.07. The van der Waals surface area contributed by atoms with Crippen LogP contribution in [0.15, 0.2) is 0 Å². The van der Waals surface area contributed by atoms with E-state index in [9.17, 15) is 4.79 Å². The van der Waals surface area contributed by atoms with Crippen LogP contribution in [0.25, 0.3) is 0 Å². The molecule has 0 aromatic carbocycles. The normalized spacial score (nSPS) is 29.9. The van der Waals surface area contributed by atoms with E-state index >= 15 is 0 Å². The Balaban J connectivity index is 1.84.